The average molecular weight is 244 g/mol. The Hall–Kier alpha value is -1.06. The molecule has 1 atom stereocenters. The van der Waals surface area contributed by atoms with Gasteiger partial charge in [0, 0.05) is 17.1 Å². The second-order valence-corrected chi connectivity index (χ2v) is 3.93. The quantitative estimate of drug-likeness (QED) is 0.880. The van der Waals surface area contributed by atoms with Crippen molar-refractivity contribution >= 4 is 11.6 Å². The SMILES string of the molecule is C/C(=C\Cl)COc1ccc(F)cc1[C@H](C)N. The first-order chi connectivity index (χ1) is 7.54. The van der Waals surface area contributed by atoms with Crippen LogP contribution in [0.4, 0.5) is 4.39 Å². The molecule has 1 aromatic rings. The zero-order chi connectivity index (χ0) is 12.1. The number of nitrogens with two attached hydrogens (primary N) is 1. The van der Waals surface area contributed by atoms with Crippen LogP contribution in [-0.4, -0.2) is 6.61 Å². The van der Waals surface area contributed by atoms with Crippen LogP contribution < -0.4 is 10.5 Å². The highest BCUT2D eigenvalue weighted by Gasteiger charge is 2.09. The van der Waals surface area contributed by atoms with E-state index in [1.165, 1.54) is 17.7 Å². The molecule has 0 fully saturated rings. The topological polar surface area (TPSA) is 35.2 Å². The maximum Gasteiger partial charge on any atom is 0.124 e. The third kappa shape index (κ3) is 3.51. The highest BCUT2D eigenvalue weighted by atomic mass is 35.5. The lowest BCUT2D eigenvalue weighted by Gasteiger charge is -2.14. The van der Waals surface area contributed by atoms with Crippen LogP contribution in [0.3, 0.4) is 0 Å². The number of benzene rings is 1. The number of rotatable bonds is 4. The van der Waals surface area contributed by atoms with Crippen LogP contribution in [0.1, 0.15) is 25.5 Å². The highest BCUT2D eigenvalue weighted by molar-refractivity contribution is 6.25. The van der Waals surface area contributed by atoms with E-state index < -0.39 is 0 Å². The summed E-state index contributed by atoms with van der Waals surface area (Å²) < 4.78 is 18.5. The maximum atomic E-state index is 13.0. The Kier molecular flexibility index (Phi) is 4.77. The Morgan fingerprint density at radius 1 is 1.62 bits per heavy atom. The van der Waals surface area contributed by atoms with Gasteiger partial charge in [0.15, 0.2) is 0 Å². The molecule has 0 saturated carbocycles. The van der Waals surface area contributed by atoms with E-state index in [1.54, 1.807) is 13.0 Å². The van der Waals surface area contributed by atoms with Gasteiger partial charge in [-0.05, 0) is 37.6 Å². The molecule has 0 radical (unpaired) electrons. The van der Waals surface area contributed by atoms with Crippen LogP contribution in [-0.2, 0) is 0 Å². The van der Waals surface area contributed by atoms with Gasteiger partial charge < -0.3 is 10.5 Å². The van der Waals surface area contributed by atoms with E-state index in [0.717, 1.165) is 5.57 Å². The molecule has 0 aliphatic rings. The zero-order valence-corrected chi connectivity index (χ0v) is 10.1. The molecule has 0 saturated heterocycles. The molecule has 4 heteroatoms. The molecule has 1 rings (SSSR count). The van der Waals surface area contributed by atoms with E-state index in [2.05, 4.69) is 0 Å². The Labute approximate surface area is 99.9 Å². The predicted octanol–water partition coefficient (Wildman–Crippen LogP) is 3.37. The molecule has 0 heterocycles. The normalized spacial score (nSPS) is 13.7. The first kappa shape index (κ1) is 13.0. The maximum absolute atomic E-state index is 13.0. The minimum atomic E-state index is -0.316. The fraction of sp³-hybridized carbons (Fsp3) is 0.333. The van der Waals surface area contributed by atoms with Gasteiger partial charge in [-0.3, -0.25) is 0 Å². The predicted molar refractivity (Wildman–Crippen MR) is 64.1 cm³/mol. The lowest BCUT2D eigenvalue weighted by atomic mass is 10.1. The molecule has 2 N–H and O–H groups in total. The molecular formula is C12H15ClFNO. The first-order valence-electron chi connectivity index (χ1n) is 4.98. The summed E-state index contributed by atoms with van der Waals surface area (Å²) in [6, 6.07) is 4.04. The van der Waals surface area contributed by atoms with Crippen molar-refractivity contribution in [3.05, 3.63) is 40.7 Å². The molecular weight excluding hydrogens is 229 g/mol. The number of hydrogen-bond acceptors (Lipinski definition) is 2. The van der Waals surface area contributed by atoms with Crippen molar-refractivity contribution in [2.24, 2.45) is 5.73 Å². The Balaban J connectivity index is 2.87. The van der Waals surface area contributed by atoms with E-state index >= 15 is 0 Å². The summed E-state index contributed by atoms with van der Waals surface area (Å²) in [6.45, 7) is 4.00. The number of hydrogen-bond donors (Lipinski definition) is 1. The van der Waals surface area contributed by atoms with Crippen molar-refractivity contribution in [2.45, 2.75) is 19.9 Å². The van der Waals surface area contributed by atoms with Gasteiger partial charge in [0.1, 0.15) is 18.2 Å². The summed E-state index contributed by atoms with van der Waals surface area (Å²) in [6.07, 6.45) is 0. The largest absolute Gasteiger partial charge is 0.489 e. The summed E-state index contributed by atoms with van der Waals surface area (Å²) >= 11 is 5.52. The van der Waals surface area contributed by atoms with Gasteiger partial charge in [-0.2, -0.15) is 0 Å². The van der Waals surface area contributed by atoms with Crippen LogP contribution in [0.15, 0.2) is 29.3 Å². The van der Waals surface area contributed by atoms with Crippen LogP contribution >= 0.6 is 11.6 Å². The van der Waals surface area contributed by atoms with E-state index in [0.29, 0.717) is 17.9 Å². The third-order valence-corrected chi connectivity index (χ3v) is 2.48. The summed E-state index contributed by atoms with van der Waals surface area (Å²) in [4.78, 5) is 0. The van der Waals surface area contributed by atoms with Crippen molar-refractivity contribution in [3.8, 4) is 5.75 Å². The van der Waals surface area contributed by atoms with Crippen molar-refractivity contribution in [1.82, 2.24) is 0 Å². The molecule has 16 heavy (non-hydrogen) atoms. The molecule has 1 aromatic carbocycles. The van der Waals surface area contributed by atoms with Gasteiger partial charge in [-0.1, -0.05) is 11.6 Å². The van der Waals surface area contributed by atoms with Gasteiger partial charge in [0.05, 0.1) is 0 Å². The van der Waals surface area contributed by atoms with Gasteiger partial charge in [0.25, 0.3) is 0 Å². The van der Waals surface area contributed by atoms with Gasteiger partial charge in [0.2, 0.25) is 0 Å². The molecule has 0 bridgehead atoms. The van der Waals surface area contributed by atoms with Crippen molar-refractivity contribution in [1.29, 1.82) is 0 Å². The Morgan fingerprint density at radius 2 is 2.31 bits per heavy atom. The minimum Gasteiger partial charge on any atom is -0.489 e. The van der Waals surface area contributed by atoms with E-state index in [1.807, 2.05) is 6.92 Å². The van der Waals surface area contributed by atoms with Crippen LogP contribution in [0.25, 0.3) is 0 Å². The lowest BCUT2D eigenvalue weighted by Crippen LogP contribution is -2.09. The smallest absolute Gasteiger partial charge is 0.124 e. The molecule has 0 aliphatic carbocycles. The van der Waals surface area contributed by atoms with Crippen molar-refractivity contribution in [2.75, 3.05) is 6.61 Å². The molecule has 0 aromatic heterocycles. The van der Waals surface area contributed by atoms with Crippen molar-refractivity contribution in [3.63, 3.8) is 0 Å². The van der Waals surface area contributed by atoms with E-state index in [-0.39, 0.29) is 11.9 Å². The van der Waals surface area contributed by atoms with Gasteiger partial charge >= 0.3 is 0 Å². The monoisotopic (exact) mass is 243 g/mol. The molecule has 2 nitrogen and oxygen atoms in total. The Morgan fingerprint density at radius 3 is 2.88 bits per heavy atom. The average Bonchev–Trinajstić information content (AvgIpc) is 2.26. The third-order valence-electron chi connectivity index (χ3n) is 2.10. The molecule has 88 valence electrons. The lowest BCUT2D eigenvalue weighted by molar-refractivity contribution is 0.346. The first-order valence-corrected chi connectivity index (χ1v) is 5.42. The second kappa shape index (κ2) is 5.87. The number of halogens is 2. The Bertz CT molecular complexity index is 391. The van der Waals surface area contributed by atoms with Crippen LogP contribution in [0.5, 0.6) is 5.75 Å². The highest BCUT2D eigenvalue weighted by Crippen LogP contribution is 2.25. The summed E-state index contributed by atoms with van der Waals surface area (Å²) in [7, 11) is 0. The van der Waals surface area contributed by atoms with E-state index in [4.69, 9.17) is 22.1 Å². The summed E-state index contributed by atoms with van der Waals surface area (Å²) in [5, 5.41) is 0. The van der Waals surface area contributed by atoms with Gasteiger partial charge in [-0.15, -0.1) is 0 Å². The van der Waals surface area contributed by atoms with Crippen molar-refractivity contribution < 1.29 is 9.13 Å². The second-order valence-electron chi connectivity index (χ2n) is 3.71. The molecule has 0 spiro atoms. The molecule has 0 unspecified atom stereocenters. The van der Waals surface area contributed by atoms with Gasteiger partial charge in [-0.25, -0.2) is 4.39 Å². The molecule has 0 amide bonds. The van der Waals surface area contributed by atoms with Crippen LogP contribution in [0, 0.1) is 5.82 Å². The van der Waals surface area contributed by atoms with E-state index in [9.17, 15) is 4.39 Å². The molecule has 0 aliphatic heterocycles. The standard InChI is InChI=1S/C12H15ClFNO/c1-8(6-13)7-16-12-4-3-10(14)5-11(12)9(2)15/h3-6,9H,7,15H2,1-2H3/b8-6+/t9-/m0/s1. The minimum absolute atomic E-state index is 0.272. The van der Waals surface area contributed by atoms with Crippen LogP contribution in [0.2, 0.25) is 0 Å². The number of ether oxygens (including phenoxy) is 1. The fourth-order valence-electron chi connectivity index (χ4n) is 1.23. The summed E-state index contributed by atoms with van der Waals surface area (Å²) in [5.41, 5.74) is 8.73. The fourth-order valence-corrected chi connectivity index (χ4v) is 1.29. The summed E-state index contributed by atoms with van der Waals surface area (Å²) in [5.74, 6) is 0.276. The zero-order valence-electron chi connectivity index (χ0n) is 9.34.